The van der Waals surface area contributed by atoms with Gasteiger partial charge < -0.3 is 5.73 Å². The average Bonchev–Trinajstić information content (AvgIpc) is 2.50. The summed E-state index contributed by atoms with van der Waals surface area (Å²) in [6.45, 7) is 0. The van der Waals surface area contributed by atoms with Crippen LogP contribution < -0.4 is 5.73 Å². The maximum Gasteiger partial charge on any atom is 0.310 e. The highest BCUT2D eigenvalue weighted by Crippen LogP contribution is 2.32. The van der Waals surface area contributed by atoms with Gasteiger partial charge in [0, 0.05) is 5.39 Å². The van der Waals surface area contributed by atoms with Gasteiger partial charge in [0.1, 0.15) is 17.7 Å². The van der Waals surface area contributed by atoms with Crippen LogP contribution in [-0.2, 0) is 0 Å². The number of nitro groups is 1. The van der Waals surface area contributed by atoms with Crippen molar-refractivity contribution < 1.29 is 9.31 Å². The molecule has 1 heterocycles. The SMILES string of the molecule is Nc1c([N+](=O)[O-])cnc2ccc(-c3ccc(F)c(Cl)c3)cc12. The number of aromatic nitrogens is 1. The predicted octanol–water partition coefficient (Wildman–Crippen LogP) is 4.18. The molecule has 3 rings (SSSR count). The number of rotatable bonds is 2. The fourth-order valence-corrected chi connectivity index (χ4v) is 2.38. The maximum absolute atomic E-state index is 13.2. The molecule has 0 aliphatic heterocycles. The summed E-state index contributed by atoms with van der Waals surface area (Å²) in [6.07, 6.45) is 1.13. The summed E-state index contributed by atoms with van der Waals surface area (Å²) in [5, 5.41) is 11.4. The summed E-state index contributed by atoms with van der Waals surface area (Å²) < 4.78 is 13.2. The summed E-state index contributed by atoms with van der Waals surface area (Å²) in [5.41, 5.74) is 7.58. The zero-order valence-corrected chi connectivity index (χ0v) is 11.8. The number of nitrogens with two attached hydrogens (primary N) is 1. The van der Waals surface area contributed by atoms with Gasteiger partial charge in [0.25, 0.3) is 0 Å². The number of anilines is 1. The molecule has 2 N–H and O–H groups in total. The summed E-state index contributed by atoms with van der Waals surface area (Å²) >= 11 is 5.78. The summed E-state index contributed by atoms with van der Waals surface area (Å²) in [6, 6.07) is 9.46. The van der Waals surface area contributed by atoms with Gasteiger partial charge in [-0.15, -0.1) is 0 Å². The van der Waals surface area contributed by atoms with E-state index >= 15 is 0 Å². The van der Waals surface area contributed by atoms with Gasteiger partial charge in [0.05, 0.1) is 15.5 Å². The fraction of sp³-hybridized carbons (Fsp3) is 0. The van der Waals surface area contributed by atoms with Gasteiger partial charge >= 0.3 is 5.69 Å². The minimum absolute atomic E-state index is 0.00253. The number of pyridine rings is 1. The van der Waals surface area contributed by atoms with Crippen LogP contribution in [0, 0.1) is 15.9 Å². The van der Waals surface area contributed by atoms with E-state index in [0.29, 0.717) is 22.0 Å². The molecule has 1 aromatic heterocycles. The normalized spacial score (nSPS) is 10.8. The highest BCUT2D eigenvalue weighted by molar-refractivity contribution is 6.31. The van der Waals surface area contributed by atoms with E-state index in [0.717, 1.165) is 6.20 Å². The largest absolute Gasteiger partial charge is 0.393 e. The van der Waals surface area contributed by atoms with Crippen molar-refractivity contribution >= 4 is 33.9 Å². The van der Waals surface area contributed by atoms with Crippen LogP contribution in [0.1, 0.15) is 0 Å². The van der Waals surface area contributed by atoms with Crippen LogP contribution >= 0.6 is 11.6 Å². The Bertz CT molecular complexity index is 915. The minimum atomic E-state index is -0.580. The number of nitrogen functional groups attached to an aromatic ring is 1. The Morgan fingerprint density at radius 1 is 1.18 bits per heavy atom. The summed E-state index contributed by atoms with van der Waals surface area (Å²) in [4.78, 5) is 14.4. The average molecular weight is 318 g/mol. The Morgan fingerprint density at radius 2 is 1.86 bits per heavy atom. The number of hydrogen-bond acceptors (Lipinski definition) is 4. The van der Waals surface area contributed by atoms with E-state index in [1.165, 1.54) is 12.1 Å². The lowest BCUT2D eigenvalue weighted by molar-refractivity contribution is -0.384. The van der Waals surface area contributed by atoms with Gasteiger partial charge in [-0.05, 0) is 35.4 Å². The Labute approximate surface area is 129 Å². The molecular formula is C15H9ClFN3O2. The summed E-state index contributed by atoms with van der Waals surface area (Å²) in [5.74, 6) is -0.511. The number of halogens is 2. The van der Waals surface area contributed by atoms with Crippen LogP contribution in [0.2, 0.25) is 5.02 Å². The van der Waals surface area contributed by atoms with E-state index < -0.39 is 10.7 Å². The van der Waals surface area contributed by atoms with Crippen LogP contribution in [0.25, 0.3) is 22.0 Å². The topological polar surface area (TPSA) is 82.0 Å². The van der Waals surface area contributed by atoms with Crippen molar-refractivity contribution in [3.63, 3.8) is 0 Å². The first-order valence-electron chi connectivity index (χ1n) is 6.25. The Kier molecular flexibility index (Phi) is 3.38. The van der Waals surface area contributed by atoms with E-state index in [1.54, 1.807) is 24.3 Å². The molecule has 0 radical (unpaired) electrons. The smallest absolute Gasteiger partial charge is 0.310 e. The van der Waals surface area contributed by atoms with Gasteiger partial charge in [-0.2, -0.15) is 0 Å². The first kappa shape index (κ1) is 14.2. The molecule has 22 heavy (non-hydrogen) atoms. The van der Waals surface area contributed by atoms with E-state index in [4.69, 9.17) is 17.3 Å². The van der Waals surface area contributed by atoms with Gasteiger partial charge in [-0.3, -0.25) is 10.1 Å². The van der Waals surface area contributed by atoms with Crippen molar-refractivity contribution in [3.05, 3.63) is 63.5 Å². The fourth-order valence-electron chi connectivity index (χ4n) is 2.20. The second kappa shape index (κ2) is 5.23. The second-order valence-corrected chi connectivity index (χ2v) is 5.08. The molecule has 110 valence electrons. The molecule has 0 bridgehead atoms. The Morgan fingerprint density at radius 3 is 2.55 bits per heavy atom. The molecule has 7 heteroatoms. The molecule has 3 aromatic rings. The molecule has 5 nitrogen and oxygen atoms in total. The first-order chi connectivity index (χ1) is 10.5. The highest BCUT2D eigenvalue weighted by atomic mass is 35.5. The number of benzene rings is 2. The number of hydrogen-bond donors (Lipinski definition) is 1. The Balaban J connectivity index is 2.21. The molecule has 0 amide bonds. The van der Waals surface area contributed by atoms with Crippen LogP contribution in [0.15, 0.2) is 42.6 Å². The second-order valence-electron chi connectivity index (χ2n) is 4.68. The molecule has 0 spiro atoms. The zero-order chi connectivity index (χ0) is 15.9. The van der Waals surface area contributed by atoms with Crippen molar-refractivity contribution in [2.45, 2.75) is 0 Å². The molecular weight excluding hydrogens is 309 g/mol. The minimum Gasteiger partial charge on any atom is -0.393 e. The van der Waals surface area contributed by atoms with E-state index in [1.807, 2.05) is 0 Å². The number of nitrogens with zero attached hydrogens (tertiary/aromatic N) is 2. The van der Waals surface area contributed by atoms with Crippen LogP contribution in [0.4, 0.5) is 15.8 Å². The predicted molar refractivity (Wildman–Crippen MR) is 83.2 cm³/mol. The standard InChI is InChI=1S/C15H9ClFN3O2/c16-11-6-9(1-3-12(11)17)8-2-4-13-10(5-8)15(18)14(7-19-13)20(21)22/h1-7H,(H2,18,19). The van der Waals surface area contributed by atoms with E-state index in [9.17, 15) is 14.5 Å². The van der Waals surface area contributed by atoms with Crippen molar-refractivity contribution in [2.24, 2.45) is 0 Å². The van der Waals surface area contributed by atoms with Crippen molar-refractivity contribution in [1.82, 2.24) is 4.98 Å². The summed E-state index contributed by atoms with van der Waals surface area (Å²) in [7, 11) is 0. The maximum atomic E-state index is 13.2. The monoisotopic (exact) mass is 317 g/mol. The lowest BCUT2D eigenvalue weighted by atomic mass is 10.0. The lowest BCUT2D eigenvalue weighted by Gasteiger charge is -2.07. The lowest BCUT2D eigenvalue weighted by Crippen LogP contribution is -1.98. The van der Waals surface area contributed by atoms with Crippen LogP contribution in [0.5, 0.6) is 0 Å². The third-order valence-corrected chi connectivity index (χ3v) is 3.63. The molecule has 0 saturated heterocycles. The Hall–Kier alpha value is -2.73. The quantitative estimate of drug-likeness (QED) is 0.567. The third-order valence-electron chi connectivity index (χ3n) is 3.34. The van der Waals surface area contributed by atoms with Crippen molar-refractivity contribution in [2.75, 3.05) is 5.73 Å². The number of fused-ring (bicyclic) bond motifs is 1. The highest BCUT2D eigenvalue weighted by Gasteiger charge is 2.15. The van der Waals surface area contributed by atoms with Crippen molar-refractivity contribution in [1.29, 1.82) is 0 Å². The van der Waals surface area contributed by atoms with Gasteiger partial charge in [-0.1, -0.05) is 23.7 Å². The van der Waals surface area contributed by atoms with Crippen molar-refractivity contribution in [3.8, 4) is 11.1 Å². The molecule has 2 aromatic carbocycles. The van der Waals surface area contributed by atoms with Gasteiger partial charge in [0.15, 0.2) is 0 Å². The van der Waals surface area contributed by atoms with Crippen LogP contribution in [0.3, 0.4) is 0 Å². The third kappa shape index (κ3) is 2.33. The van der Waals surface area contributed by atoms with Gasteiger partial charge in [-0.25, -0.2) is 9.37 Å². The molecule has 0 aliphatic carbocycles. The van der Waals surface area contributed by atoms with Crippen LogP contribution in [-0.4, -0.2) is 9.91 Å². The molecule has 0 aliphatic rings. The van der Waals surface area contributed by atoms with E-state index in [2.05, 4.69) is 4.98 Å². The van der Waals surface area contributed by atoms with E-state index in [-0.39, 0.29) is 16.4 Å². The molecule has 0 saturated carbocycles. The zero-order valence-electron chi connectivity index (χ0n) is 11.1. The molecule has 0 unspecified atom stereocenters. The molecule has 0 atom stereocenters. The first-order valence-corrected chi connectivity index (χ1v) is 6.63. The molecule has 0 fully saturated rings. The van der Waals surface area contributed by atoms with Gasteiger partial charge in [0.2, 0.25) is 0 Å².